The summed E-state index contributed by atoms with van der Waals surface area (Å²) >= 11 is 0. The second-order valence-electron chi connectivity index (χ2n) is 10.2. The molecule has 0 aliphatic rings. The van der Waals surface area contributed by atoms with Crippen LogP contribution in [0.5, 0.6) is 11.5 Å². The van der Waals surface area contributed by atoms with Gasteiger partial charge in [0.25, 0.3) is 0 Å². The molecule has 0 aliphatic heterocycles. The first-order valence-corrected chi connectivity index (χ1v) is 15.1. The molecule has 5 nitrogen and oxygen atoms in total. The Labute approximate surface area is 213 Å². The maximum absolute atomic E-state index is 6.59. The normalized spacial score (nSPS) is 13.7. The Balaban J connectivity index is 1.98. The largest absolute Gasteiger partial charge is 0.497 e. The van der Waals surface area contributed by atoms with E-state index in [1.54, 1.807) is 14.2 Å². The smallest absolute Gasteiger partial charge is 0.193 e. The van der Waals surface area contributed by atoms with Gasteiger partial charge in [0.05, 0.1) is 33.5 Å². The van der Waals surface area contributed by atoms with E-state index in [1.807, 2.05) is 48.5 Å². The molecule has 192 valence electrons. The van der Waals surface area contributed by atoms with Crippen LogP contribution in [-0.2, 0) is 27.1 Å². The average Bonchev–Trinajstić information content (AvgIpc) is 2.84. The fraction of sp³-hybridized carbons (Fsp3) is 0.517. The number of hydrogen-bond donors (Lipinski definition) is 0. The Bertz CT molecular complexity index is 910. The summed E-state index contributed by atoms with van der Waals surface area (Å²) in [5.41, 5.74) is 2.18. The lowest BCUT2D eigenvalue weighted by atomic mass is 10.1. The highest BCUT2D eigenvalue weighted by atomic mass is 28.4. The minimum Gasteiger partial charge on any atom is -0.497 e. The van der Waals surface area contributed by atoms with Gasteiger partial charge in [-0.05, 0) is 66.4 Å². The van der Waals surface area contributed by atoms with Crippen LogP contribution in [0.2, 0.25) is 18.1 Å². The zero-order valence-corrected chi connectivity index (χ0v) is 23.4. The molecule has 0 aromatic heterocycles. The molecule has 2 aromatic rings. The maximum Gasteiger partial charge on any atom is 0.193 e. The summed E-state index contributed by atoms with van der Waals surface area (Å²) in [6.45, 7) is 12.7. The van der Waals surface area contributed by atoms with Crippen molar-refractivity contribution in [3.8, 4) is 23.8 Å². The lowest BCUT2D eigenvalue weighted by molar-refractivity contribution is -0.0279. The lowest BCUT2D eigenvalue weighted by Crippen LogP contribution is -2.47. The Morgan fingerprint density at radius 2 is 1.37 bits per heavy atom. The second kappa shape index (κ2) is 13.7. The van der Waals surface area contributed by atoms with Crippen LogP contribution in [0, 0.1) is 12.3 Å². The van der Waals surface area contributed by atoms with Gasteiger partial charge in [-0.2, -0.15) is 0 Å². The summed E-state index contributed by atoms with van der Waals surface area (Å²) in [7, 11) is 1.26. The standard InChI is InChI=1S/C29H42O5Si/c1-9-27(34-35(7,8)29(2,3)4)28(33-22-24-14-18-26(31-6)19-15-24)11-10-20-32-21-23-12-16-25(30-5)17-13-23/h1,12-19,27-28H,10-11,20-22H2,2-8H3/t27-,28-/m1/s1. The van der Waals surface area contributed by atoms with Gasteiger partial charge in [-0.25, -0.2) is 0 Å². The number of terminal acetylenes is 1. The van der Waals surface area contributed by atoms with E-state index in [0.717, 1.165) is 35.5 Å². The highest BCUT2D eigenvalue weighted by Gasteiger charge is 2.40. The number of methoxy groups -OCH3 is 2. The molecule has 0 fully saturated rings. The first-order chi connectivity index (χ1) is 16.6. The van der Waals surface area contributed by atoms with Crippen LogP contribution >= 0.6 is 0 Å². The number of benzene rings is 2. The molecule has 0 unspecified atom stereocenters. The summed E-state index contributed by atoms with van der Waals surface area (Å²) < 4.78 is 29.3. The van der Waals surface area contributed by atoms with E-state index in [1.165, 1.54) is 0 Å². The summed E-state index contributed by atoms with van der Waals surface area (Å²) in [6.07, 6.45) is 6.92. The van der Waals surface area contributed by atoms with Gasteiger partial charge >= 0.3 is 0 Å². The van der Waals surface area contributed by atoms with Crippen LogP contribution in [-0.4, -0.2) is 41.4 Å². The van der Waals surface area contributed by atoms with E-state index in [9.17, 15) is 0 Å². The van der Waals surface area contributed by atoms with Gasteiger partial charge in [-0.3, -0.25) is 0 Å². The van der Waals surface area contributed by atoms with Crippen molar-refractivity contribution in [3.63, 3.8) is 0 Å². The van der Waals surface area contributed by atoms with Gasteiger partial charge in [0, 0.05) is 6.61 Å². The molecule has 0 N–H and O–H groups in total. The molecule has 2 atom stereocenters. The van der Waals surface area contributed by atoms with Crippen molar-refractivity contribution in [2.45, 2.75) is 77.2 Å². The van der Waals surface area contributed by atoms with Crippen LogP contribution in [0.1, 0.15) is 44.7 Å². The number of rotatable bonds is 14. The zero-order chi connectivity index (χ0) is 25.9. The quantitative estimate of drug-likeness (QED) is 0.167. The second-order valence-corrected chi connectivity index (χ2v) is 15.0. The molecule has 0 spiro atoms. The minimum absolute atomic E-state index is 0.0596. The zero-order valence-electron chi connectivity index (χ0n) is 22.4. The van der Waals surface area contributed by atoms with E-state index in [-0.39, 0.29) is 11.1 Å². The van der Waals surface area contributed by atoms with Gasteiger partial charge in [0.2, 0.25) is 0 Å². The topological polar surface area (TPSA) is 46.2 Å². The summed E-state index contributed by atoms with van der Waals surface area (Å²) in [4.78, 5) is 0. The molecule has 0 saturated heterocycles. The summed E-state index contributed by atoms with van der Waals surface area (Å²) in [5.74, 6) is 4.54. The molecule has 0 aliphatic carbocycles. The molecule has 0 heterocycles. The number of hydrogen-bond acceptors (Lipinski definition) is 5. The molecule has 35 heavy (non-hydrogen) atoms. The van der Waals surface area contributed by atoms with E-state index in [0.29, 0.717) is 19.8 Å². The third kappa shape index (κ3) is 9.34. The van der Waals surface area contributed by atoms with Crippen LogP contribution in [0.15, 0.2) is 48.5 Å². The molecule has 0 saturated carbocycles. The SMILES string of the molecule is C#C[C@@H](O[Si](C)(C)C(C)(C)C)[C@@H](CCCOCc1ccc(OC)cc1)OCc1ccc(OC)cc1. The lowest BCUT2D eigenvalue weighted by Gasteiger charge is -2.39. The third-order valence-corrected chi connectivity index (χ3v) is 11.0. The Kier molecular flexibility index (Phi) is 11.3. The van der Waals surface area contributed by atoms with Crippen LogP contribution in [0.3, 0.4) is 0 Å². The van der Waals surface area contributed by atoms with Gasteiger partial charge in [-0.1, -0.05) is 51.0 Å². The molecule has 6 heteroatoms. The van der Waals surface area contributed by atoms with Gasteiger partial charge in [0.1, 0.15) is 17.6 Å². The van der Waals surface area contributed by atoms with Crippen molar-refractivity contribution in [1.82, 2.24) is 0 Å². The Hall–Kier alpha value is -2.30. The molecule has 0 radical (unpaired) electrons. The van der Waals surface area contributed by atoms with Crippen molar-refractivity contribution < 1.29 is 23.4 Å². The monoisotopic (exact) mass is 498 g/mol. The van der Waals surface area contributed by atoms with Gasteiger partial charge in [-0.15, -0.1) is 6.42 Å². The van der Waals surface area contributed by atoms with E-state index in [2.05, 4.69) is 39.8 Å². The van der Waals surface area contributed by atoms with Crippen molar-refractivity contribution in [1.29, 1.82) is 0 Å². The first-order valence-electron chi connectivity index (χ1n) is 12.2. The van der Waals surface area contributed by atoms with Gasteiger partial charge < -0.3 is 23.4 Å². The van der Waals surface area contributed by atoms with Crippen molar-refractivity contribution in [2.24, 2.45) is 0 Å². The Morgan fingerprint density at radius 1 is 0.857 bits per heavy atom. The molecule has 0 bridgehead atoms. The summed E-state index contributed by atoms with van der Waals surface area (Å²) in [6, 6.07) is 15.8. The highest BCUT2D eigenvalue weighted by Crippen LogP contribution is 2.38. The van der Waals surface area contributed by atoms with E-state index < -0.39 is 14.4 Å². The molecule has 2 rings (SSSR count). The summed E-state index contributed by atoms with van der Waals surface area (Å²) in [5, 5.41) is 0.0596. The fourth-order valence-corrected chi connectivity index (χ4v) is 4.47. The number of ether oxygens (including phenoxy) is 4. The minimum atomic E-state index is -2.06. The maximum atomic E-state index is 6.59. The van der Waals surface area contributed by atoms with Crippen molar-refractivity contribution >= 4 is 8.32 Å². The molecular formula is C29H42O5Si. The predicted octanol–water partition coefficient (Wildman–Crippen LogP) is 6.61. The predicted molar refractivity (Wildman–Crippen MR) is 144 cm³/mol. The highest BCUT2D eigenvalue weighted by molar-refractivity contribution is 6.74. The third-order valence-electron chi connectivity index (χ3n) is 6.56. The van der Waals surface area contributed by atoms with Gasteiger partial charge in [0.15, 0.2) is 8.32 Å². The van der Waals surface area contributed by atoms with Crippen LogP contribution in [0.25, 0.3) is 0 Å². The Morgan fingerprint density at radius 3 is 1.83 bits per heavy atom. The van der Waals surface area contributed by atoms with E-state index >= 15 is 0 Å². The average molecular weight is 499 g/mol. The first kappa shape index (κ1) is 28.9. The van der Waals surface area contributed by atoms with E-state index in [4.69, 9.17) is 29.8 Å². The molecular weight excluding hydrogens is 456 g/mol. The van der Waals surface area contributed by atoms with Crippen molar-refractivity contribution in [2.75, 3.05) is 20.8 Å². The van der Waals surface area contributed by atoms with Crippen LogP contribution in [0.4, 0.5) is 0 Å². The van der Waals surface area contributed by atoms with Crippen LogP contribution < -0.4 is 9.47 Å². The fourth-order valence-electron chi connectivity index (χ4n) is 3.26. The molecule has 0 amide bonds. The molecule has 2 aromatic carbocycles. The van der Waals surface area contributed by atoms with Crippen molar-refractivity contribution in [3.05, 3.63) is 59.7 Å².